The number of esters is 1. The van der Waals surface area contributed by atoms with Crippen LogP contribution in [-0.4, -0.2) is 52.9 Å². The number of likely N-dealkylation sites (N-methyl/N-ethyl adjacent to an activating group) is 1. The largest absolute Gasteiger partial charge is 0.451 e. The topological polar surface area (TPSA) is 101 Å². The third-order valence-corrected chi connectivity index (χ3v) is 4.07. The number of carbonyl (C=O) groups is 3. The van der Waals surface area contributed by atoms with Crippen LogP contribution in [0.1, 0.15) is 16.2 Å². The van der Waals surface area contributed by atoms with Crippen molar-refractivity contribution < 1.29 is 19.1 Å². The molecule has 0 saturated carbocycles. The summed E-state index contributed by atoms with van der Waals surface area (Å²) in [5.41, 5.74) is 1.09. The first-order chi connectivity index (χ1) is 12.8. The first-order valence-electron chi connectivity index (χ1n) is 7.71. The molecule has 0 fully saturated rings. The van der Waals surface area contributed by atoms with Gasteiger partial charge in [-0.25, -0.2) is 9.78 Å². The van der Waals surface area contributed by atoms with Crippen molar-refractivity contribution in [3.8, 4) is 0 Å². The van der Waals surface area contributed by atoms with E-state index >= 15 is 0 Å². The first-order valence-corrected chi connectivity index (χ1v) is 8.46. The number of hydrogen-bond acceptors (Lipinski definition) is 6. The number of anilines is 1. The Kier molecular flexibility index (Phi) is 7.09. The Labute approximate surface area is 165 Å². The minimum absolute atomic E-state index is 0.00610. The van der Waals surface area contributed by atoms with E-state index in [4.69, 9.17) is 27.9 Å². The molecule has 142 valence electrons. The van der Waals surface area contributed by atoms with Gasteiger partial charge in [-0.3, -0.25) is 14.6 Å². The molecule has 0 aliphatic rings. The quantitative estimate of drug-likeness (QED) is 0.733. The lowest BCUT2D eigenvalue weighted by atomic mass is 10.3. The van der Waals surface area contributed by atoms with Gasteiger partial charge >= 0.3 is 5.97 Å². The Morgan fingerprint density at radius 2 is 1.89 bits per heavy atom. The SMILES string of the molecule is Cc1cnc(C(=O)OCC(=O)N(C)CC(=O)Nc2ccc(Cl)c(Cl)c2)cn1. The van der Waals surface area contributed by atoms with Crippen molar-refractivity contribution in [1.82, 2.24) is 14.9 Å². The Morgan fingerprint density at radius 3 is 2.52 bits per heavy atom. The van der Waals surface area contributed by atoms with Crippen LogP contribution in [0.15, 0.2) is 30.6 Å². The number of rotatable bonds is 6. The molecule has 0 aliphatic heterocycles. The van der Waals surface area contributed by atoms with E-state index < -0.39 is 24.4 Å². The summed E-state index contributed by atoms with van der Waals surface area (Å²) >= 11 is 11.7. The predicted octanol–water partition coefficient (Wildman–Crippen LogP) is 2.35. The summed E-state index contributed by atoms with van der Waals surface area (Å²) in [5.74, 6) is -1.77. The zero-order valence-electron chi connectivity index (χ0n) is 14.5. The maximum atomic E-state index is 12.0. The van der Waals surface area contributed by atoms with Gasteiger partial charge in [0.05, 0.1) is 28.5 Å². The van der Waals surface area contributed by atoms with E-state index in [9.17, 15) is 14.4 Å². The molecular weight excluding hydrogens is 395 g/mol. The first kappa shape index (κ1) is 20.6. The van der Waals surface area contributed by atoms with E-state index in [1.165, 1.54) is 25.5 Å². The van der Waals surface area contributed by atoms with Crippen LogP contribution in [0.4, 0.5) is 5.69 Å². The fraction of sp³-hybridized carbons (Fsp3) is 0.235. The van der Waals surface area contributed by atoms with Crippen LogP contribution in [0.25, 0.3) is 0 Å². The lowest BCUT2D eigenvalue weighted by Crippen LogP contribution is -2.37. The highest BCUT2D eigenvalue weighted by Crippen LogP contribution is 2.24. The molecule has 1 N–H and O–H groups in total. The number of nitrogens with zero attached hydrogens (tertiary/aromatic N) is 3. The molecule has 1 aromatic carbocycles. The van der Waals surface area contributed by atoms with Gasteiger partial charge in [0, 0.05) is 18.9 Å². The molecule has 0 spiro atoms. The zero-order valence-corrected chi connectivity index (χ0v) is 16.0. The van der Waals surface area contributed by atoms with Crippen LogP contribution < -0.4 is 5.32 Å². The minimum atomic E-state index is -0.774. The average molecular weight is 411 g/mol. The molecule has 0 atom stereocenters. The number of hydrogen-bond donors (Lipinski definition) is 1. The number of amides is 2. The van der Waals surface area contributed by atoms with Gasteiger partial charge in [-0.2, -0.15) is 0 Å². The number of carbonyl (C=O) groups excluding carboxylic acids is 3. The number of nitrogens with one attached hydrogen (secondary N) is 1. The van der Waals surface area contributed by atoms with Crippen LogP contribution in [0, 0.1) is 6.92 Å². The molecule has 0 bridgehead atoms. The number of ether oxygens (including phenoxy) is 1. The third kappa shape index (κ3) is 6.19. The van der Waals surface area contributed by atoms with Gasteiger partial charge in [-0.15, -0.1) is 0 Å². The molecule has 2 aromatic rings. The fourth-order valence-corrected chi connectivity index (χ4v) is 2.19. The summed E-state index contributed by atoms with van der Waals surface area (Å²) in [5, 5.41) is 3.25. The lowest BCUT2D eigenvalue weighted by Gasteiger charge is -2.16. The lowest BCUT2D eigenvalue weighted by molar-refractivity contribution is -0.136. The molecule has 1 aromatic heterocycles. The van der Waals surface area contributed by atoms with Gasteiger partial charge in [-0.1, -0.05) is 23.2 Å². The van der Waals surface area contributed by atoms with E-state index in [0.29, 0.717) is 21.4 Å². The Balaban J connectivity index is 1.82. The fourth-order valence-electron chi connectivity index (χ4n) is 1.89. The second kappa shape index (κ2) is 9.29. The second-order valence-corrected chi connectivity index (χ2v) is 6.36. The maximum absolute atomic E-state index is 12.0. The van der Waals surface area contributed by atoms with E-state index in [2.05, 4.69) is 15.3 Å². The Bertz CT molecular complexity index is 859. The number of benzene rings is 1. The third-order valence-electron chi connectivity index (χ3n) is 3.33. The maximum Gasteiger partial charge on any atom is 0.359 e. The molecule has 1 heterocycles. The standard InChI is InChI=1S/C17H16Cl2N4O4/c1-10-6-21-14(7-20-10)17(26)27-9-16(25)23(2)8-15(24)22-11-3-4-12(18)13(19)5-11/h3-7H,8-9H2,1-2H3,(H,22,24). The van der Waals surface area contributed by atoms with Crippen molar-refractivity contribution in [2.24, 2.45) is 0 Å². The van der Waals surface area contributed by atoms with Crippen LogP contribution in [0.2, 0.25) is 10.0 Å². The molecule has 0 unspecified atom stereocenters. The molecule has 2 amide bonds. The van der Waals surface area contributed by atoms with Crippen molar-refractivity contribution in [2.45, 2.75) is 6.92 Å². The van der Waals surface area contributed by atoms with Gasteiger partial charge < -0.3 is 15.0 Å². The Morgan fingerprint density at radius 1 is 1.15 bits per heavy atom. The van der Waals surface area contributed by atoms with E-state index in [1.54, 1.807) is 19.1 Å². The Hall–Kier alpha value is -2.71. The molecule has 8 nitrogen and oxygen atoms in total. The average Bonchev–Trinajstić information content (AvgIpc) is 2.63. The highest BCUT2D eigenvalue weighted by molar-refractivity contribution is 6.42. The highest BCUT2D eigenvalue weighted by Gasteiger charge is 2.17. The van der Waals surface area contributed by atoms with Crippen molar-refractivity contribution in [1.29, 1.82) is 0 Å². The molecule has 0 aliphatic carbocycles. The summed E-state index contributed by atoms with van der Waals surface area (Å²) in [4.78, 5) is 44.7. The van der Waals surface area contributed by atoms with Gasteiger partial charge in [0.25, 0.3) is 5.91 Å². The van der Waals surface area contributed by atoms with Crippen molar-refractivity contribution in [2.75, 3.05) is 25.5 Å². The summed E-state index contributed by atoms with van der Waals surface area (Å²) in [6, 6.07) is 4.62. The van der Waals surface area contributed by atoms with E-state index in [0.717, 1.165) is 4.90 Å². The highest BCUT2D eigenvalue weighted by atomic mass is 35.5. The molecule has 0 saturated heterocycles. The van der Waals surface area contributed by atoms with Crippen molar-refractivity contribution in [3.05, 3.63) is 52.0 Å². The summed E-state index contributed by atoms with van der Waals surface area (Å²) < 4.78 is 4.88. The van der Waals surface area contributed by atoms with Crippen LogP contribution in [-0.2, 0) is 14.3 Å². The summed E-state index contributed by atoms with van der Waals surface area (Å²) in [7, 11) is 1.41. The van der Waals surface area contributed by atoms with Crippen LogP contribution >= 0.6 is 23.2 Å². The van der Waals surface area contributed by atoms with Gasteiger partial charge in [0.2, 0.25) is 5.91 Å². The molecule has 0 radical (unpaired) electrons. The second-order valence-electron chi connectivity index (χ2n) is 5.55. The molecule has 27 heavy (non-hydrogen) atoms. The number of halogens is 2. The van der Waals surface area contributed by atoms with Gasteiger partial charge in [0.1, 0.15) is 0 Å². The van der Waals surface area contributed by atoms with Crippen LogP contribution in [0.5, 0.6) is 0 Å². The van der Waals surface area contributed by atoms with Crippen molar-refractivity contribution >= 4 is 46.7 Å². The smallest absolute Gasteiger partial charge is 0.359 e. The van der Waals surface area contributed by atoms with Crippen LogP contribution in [0.3, 0.4) is 0 Å². The molecular formula is C17H16Cl2N4O4. The van der Waals surface area contributed by atoms with E-state index in [-0.39, 0.29) is 12.2 Å². The monoisotopic (exact) mass is 410 g/mol. The summed E-state index contributed by atoms with van der Waals surface area (Å²) in [6.07, 6.45) is 2.68. The van der Waals surface area contributed by atoms with E-state index in [1.807, 2.05) is 0 Å². The molecule has 10 heteroatoms. The summed E-state index contributed by atoms with van der Waals surface area (Å²) in [6.45, 7) is 0.968. The zero-order chi connectivity index (χ0) is 20.0. The van der Waals surface area contributed by atoms with Gasteiger partial charge in [0.15, 0.2) is 12.3 Å². The molecule has 2 rings (SSSR count). The van der Waals surface area contributed by atoms with Crippen molar-refractivity contribution in [3.63, 3.8) is 0 Å². The predicted molar refractivity (Wildman–Crippen MR) is 99.8 cm³/mol. The number of aromatic nitrogens is 2. The minimum Gasteiger partial charge on any atom is -0.451 e. The normalized spacial score (nSPS) is 10.2. The number of aryl methyl sites for hydroxylation is 1. The van der Waals surface area contributed by atoms with Gasteiger partial charge in [-0.05, 0) is 25.1 Å².